The van der Waals surface area contributed by atoms with Crippen LogP contribution >= 0.6 is 0 Å². The van der Waals surface area contributed by atoms with Crippen LogP contribution in [0, 0.1) is 29.9 Å². The van der Waals surface area contributed by atoms with Gasteiger partial charge in [-0.3, -0.25) is 4.57 Å². The van der Waals surface area contributed by atoms with Crippen molar-refractivity contribution in [1.29, 1.82) is 0 Å². The van der Waals surface area contributed by atoms with Gasteiger partial charge in [0.25, 0.3) is 0 Å². The molecule has 1 fully saturated rings. The summed E-state index contributed by atoms with van der Waals surface area (Å²) < 4.78 is 1.84. The third-order valence-corrected chi connectivity index (χ3v) is 4.91. The lowest BCUT2D eigenvalue weighted by molar-refractivity contribution is -0.388. The summed E-state index contributed by atoms with van der Waals surface area (Å²) in [7, 11) is 1.86. The molecule has 2 aromatic rings. The zero-order valence-electron chi connectivity index (χ0n) is 14.5. The van der Waals surface area contributed by atoms with Gasteiger partial charge >= 0.3 is 5.82 Å². The van der Waals surface area contributed by atoms with Gasteiger partial charge in [0.2, 0.25) is 11.6 Å². The first-order chi connectivity index (χ1) is 11.5. The van der Waals surface area contributed by atoms with Crippen LogP contribution < -0.4 is 4.90 Å². The second kappa shape index (κ2) is 6.63. The van der Waals surface area contributed by atoms with Gasteiger partial charge in [-0.2, -0.15) is 0 Å². The third-order valence-electron chi connectivity index (χ3n) is 4.91. The fourth-order valence-corrected chi connectivity index (χ4v) is 3.54. The van der Waals surface area contributed by atoms with Gasteiger partial charge in [0.1, 0.15) is 0 Å². The largest absolute Gasteiger partial charge is 0.406 e. The molecule has 1 aliphatic rings. The molecular weight excluding hydrogens is 304 g/mol. The van der Waals surface area contributed by atoms with Crippen molar-refractivity contribution in [2.75, 3.05) is 18.0 Å². The van der Waals surface area contributed by atoms with E-state index >= 15 is 0 Å². The quantitative estimate of drug-likeness (QED) is 0.637. The summed E-state index contributed by atoms with van der Waals surface area (Å²) in [5.74, 6) is 1.81. The Morgan fingerprint density at radius 1 is 1.29 bits per heavy atom. The maximum Gasteiger partial charge on any atom is 0.406 e. The van der Waals surface area contributed by atoms with Crippen LogP contribution in [0.25, 0.3) is 0 Å². The molecule has 6 nitrogen and oxygen atoms in total. The van der Waals surface area contributed by atoms with E-state index in [0.29, 0.717) is 17.6 Å². The molecule has 128 valence electrons. The highest BCUT2D eigenvalue weighted by Gasteiger charge is 2.31. The number of aromatic nitrogens is 2. The van der Waals surface area contributed by atoms with E-state index in [-0.39, 0.29) is 10.7 Å². The summed E-state index contributed by atoms with van der Waals surface area (Å²) >= 11 is 0. The minimum absolute atomic E-state index is 0.0222. The molecule has 24 heavy (non-hydrogen) atoms. The molecule has 0 amide bonds. The zero-order chi connectivity index (χ0) is 17.3. The Hall–Kier alpha value is -2.37. The summed E-state index contributed by atoms with van der Waals surface area (Å²) in [6, 6.07) is 8.66. The van der Waals surface area contributed by atoms with E-state index in [1.165, 1.54) is 11.1 Å². The first kappa shape index (κ1) is 16.5. The van der Waals surface area contributed by atoms with Gasteiger partial charge in [-0.1, -0.05) is 29.8 Å². The Morgan fingerprint density at radius 3 is 2.67 bits per heavy atom. The monoisotopic (exact) mass is 328 g/mol. The fourth-order valence-electron chi connectivity index (χ4n) is 3.54. The van der Waals surface area contributed by atoms with Gasteiger partial charge in [-0.15, -0.1) is 0 Å². The molecule has 1 atom stereocenters. The summed E-state index contributed by atoms with van der Waals surface area (Å²) in [4.78, 5) is 17.2. The molecule has 0 bridgehead atoms. The summed E-state index contributed by atoms with van der Waals surface area (Å²) in [5, 5.41) is 11.3. The second-order valence-electron chi connectivity index (χ2n) is 6.77. The molecule has 0 saturated carbocycles. The predicted molar refractivity (Wildman–Crippen MR) is 94.4 cm³/mol. The first-order valence-corrected chi connectivity index (χ1v) is 8.44. The van der Waals surface area contributed by atoms with Gasteiger partial charge in [0, 0.05) is 27.1 Å². The number of rotatable bonds is 4. The lowest BCUT2D eigenvalue weighted by atomic mass is 9.91. The van der Waals surface area contributed by atoms with Crippen LogP contribution in [0.1, 0.15) is 29.8 Å². The van der Waals surface area contributed by atoms with E-state index in [4.69, 9.17) is 0 Å². The Morgan fingerprint density at radius 2 is 2.00 bits per heavy atom. The molecule has 2 heterocycles. The SMILES string of the molecule is Cc1ccc(C[C@@H]2CCCN(c3c([N+](=O)[O-])nc(C)n3C)C2)cc1. The second-order valence-corrected chi connectivity index (χ2v) is 6.77. The smallest absolute Gasteiger partial charge is 0.358 e. The number of imidazole rings is 1. The number of nitro groups is 1. The molecule has 1 saturated heterocycles. The van der Waals surface area contributed by atoms with Crippen LogP contribution in [0.3, 0.4) is 0 Å². The Bertz CT molecular complexity index is 736. The molecule has 3 rings (SSSR count). The van der Waals surface area contributed by atoms with Crippen molar-refractivity contribution in [2.24, 2.45) is 13.0 Å². The maximum atomic E-state index is 11.3. The average Bonchev–Trinajstić information content (AvgIpc) is 2.86. The van der Waals surface area contributed by atoms with Crippen LogP contribution in [0.5, 0.6) is 0 Å². The van der Waals surface area contributed by atoms with Gasteiger partial charge in [-0.05, 0) is 47.6 Å². The summed E-state index contributed by atoms with van der Waals surface area (Å²) in [5.41, 5.74) is 2.60. The molecule has 0 unspecified atom stereocenters. The highest BCUT2D eigenvalue weighted by atomic mass is 16.6. The van der Waals surface area contributed by atoms with Crippen LogP contribution in [-0.4, -0.2) is 27.6 Å². The molecule has 0 radical (unpaired) electrons. The van der Waals surface area contributed by atoms with Gasteiger partial charge in [0.15, 0.2) is 0 Å². The van der Waals surface area contributed by atoms with E-state index in [9.17, 15) is 10.1 Å². The number of hydrogen-bond donors (Lipinski definition) is 0. The van der Waals surface area contributed by atoms with Crippen LogP contribution in [0.4, 0.5) is 11.6 Å². The Kier molecular flexibility index (Phi) is 4.55. The standard InChI is InChI=1S/C18H24N4O2/c1-13-6-8-15(9-7-13)11-16-5-4-10-21(12-16)18-17(22(23)24)19-14(2)20(18)3/h6-9,16H,4-5,10-12H2,1-3H3/t16-/m0/s1. The molecule has 0 N–H and O–H groups in total. The van der Waals surface area contributed by atoms with Crippen LogP contribution in [0.2, 0.25) is 0 Å². The summed E-state index contributed by atoms with van der Waals surface area (Å²) in [6.07, 6.45) is 3.23. The lowest BCUT2D eigenvalue weighted by Crippen LogP contribution is -2.37. The molecule has 1 aromatic carbocycles. The van der Waals surface area contributed by atoms with E-state index < -0.39 is 0 Å². The number of nitrogens with zero attached hydrogens (tertiary/aromatic N) is 4. The normalized spacial score (nSPS) is 18.0. The van der Waals surface area contributed by atoms with Crippen molar-refractivity contribution in [3.8, 4) is 0 Å². The van der Waals surface area contributed by atoms with Crippen molar-refractivity contribution >= 4 is 11.6 Å². The van der Waals surface area contributed by atoms with Gasteiger partial charge in [0.05, 0.1) is 0 Å². The van der Waals surface area contributed by atoms with Crippen LogP contribution in [-0.2, 0) is 13.5 Å². The molecule has 1 aromatic heterocycles. The molecule has 0 spiro atoms. The van der Waals surface area contributed by atoms with Crippen LogP contribution in [0.15, 0.2) is 24.3 Å². The van der Waals surface area contributed by atoms with Crippen molar-refractivity contribution in [2.45, 2.75) is 33.1 Å². The van der Waals surface area contributed by atoms with Crippen molar-refractivity contribution in [1.82, 2.24) is 9.55 Å². The molecular formula is C18H24N4O2. The Labute approximate surface area is 142 Å². The minimum Gasteiger partial charge on any atom is -0.358 e. The zero-order valence-corrected chi connectivity index (χ0v) is 14.5. The van der Waals surface area contributed by atoms with E-state index in [1.807, 2.05) is 18.5 Å². The fraction of sp³-hybridized carbons (Fsp3) is 0.500. The highest BCUT2D eigenvalue weighted by molar-refractivity contribution is 5.56. The topological polar surface area (TPSA) is 64.2 Å². The van der Waals surface area contributed by atoms with Crippen molar-refractivity contribution in [3.05, 3.63) is 51.3 Å². The van der Waals surface area contributed by atoms with E-state index in [1.54, 1.807) is 0 Å². The average molecular weight is 328 g/mol. The third kappa shape index (κ3) is 3.27. The maximum absolute atomic E-state index is 11.3. The number of benzene rings is 1. The molecule has 0 aliphatic carbocycles. The number of anilines is 1. The molecule has 6 heteroatoms. The van der Waals surface area contributed by atoms with Gasteiger partial charge < -0.3 is 15.0 Å². The predicted octanol–water partition coefficient (Wildman–Crippen LogP) is 3.40. The minimum atomic E-state index is -0.369. The molecule has 1 aliphatic heterocycles. The number of aryl methyl sites for hydroxylation is 2. The van der Waals surface area contributed by atoms with Gasteiger partial charge in [-0.25, -0.2) is 0 Å². The summed E-state index contributed by atoms with van der Waals surface area (Å²) in [6.45, 7) is 5.60. The van der Waals surface area contributed by atoms with E-state index in [0.717, 1.165) is 32.4 Å². The number of hydrogen-bond acceptors (Lipinski definition) is 4. The highest BCUT2D eigenvalue weighted by Crippen LogP contribution is 2.32. The van der Waals surface area contributed by atoms with Crippen molar-refractivity contribution < 1.29 is 4.92 Å². The Balaban J connectivity index is 1.78. The lowest BCUT2D eigenvalue weighted by Gasteiger charge is -2.33. The number of piperidine rings is 1. The van der Waals surface area contributed by atoms with Crippen molar-refractivity contribution in [3.63, 3.8) is 0 Å². The first-order valence-electron chi connectivity index (χ1n) is 8.44. The van der Waals surface area contributed by atoms with E-state index in [2.05, 4.69) is 41.1 Å².